The Labute approximate surface area is 158 Å². The van der Waals surface area contributed by atoms with Crippen LogP contribution in [0.5, 0.6) is 0 Å². The van der Waals surface area contributed by atoms with Crippen LogP contribution in [0.4, 0.5) is 27.5 Å². The van der Waals surface area contributed by atoms with Crippen LogP contribution in [0.15, 0.2) is 60.7 Å². The molecule has 1 fully saturated rings. The van der Waals surface area contributed by atoms with E-state index in [4.69, 9.17) is 0 Å². The number of aryl methyl sites for hydroxylation is 1. The van der Waals surface area contributed by atoms with E-state index in [0.717, 1.165) is 31.9 Å². The average Bonchev–Trinajstić information content (AvgIpc) is 2.68. The minimum absolute atomic E-state index is 0.275. The lowest BCUT2D eigenvalue weighted by Gasteiger charge is -2.36. The van der Waals surface area contributed by atoms with Crippen LogP contribution in [0.2, 0.25) is 0 Å². The number of benzene rings is 2. The number of aromatic nitrogens is 2. The van der Waals surface area contributed by atoms with Crippen LogP contribution in [0.3, 0.4) is 0 Å². The molecule has 0 spiro atoms. The maximum Gasteiger partial charge on any atom is 0.227 e. The summed E-state index contributed by atoms with van der Waals surface area (Å²) in [5, 5.41) is 3.17. The topological polar surface area (TPSA) is 44.3 Å². The molecule has 2 aromatic carbocycles. The largest absolute Gasteiger partial charge is 0.368 e. The molecule has 0 bridgehead atoms. The molecule has 3 aromatic rings. The fraction of sp³-hybridized carbons (Fsp3) is 0.238. The van der Waals surface area contributed by atoms with E-state index in [1.807, 2.05) is 25.1 Å². The highest BCUT2D eigenvalue weighted by molar-refractivity contribution is 5.58. The number of nitrogens with zero attached hydrogens (tertiary/aromatic N) is 4. The van der Waals surface area contributed by atoms with Crippen LogP contribution in [-0.2, 0) is 0 Å². The van der Waals surface area contributed by atoms with Gasteiger partial charge in [0.1, 0.15) is 11.6 Å². The predicted molar refractivity (Wildman–Crippen MR) is 107 cm³/mol. The molecule has 1 saturated heterocycles. The minimum Gasteiger partial charge on any atom is -0.368 e. The Morgan fingerprint density at radius 3 is 2.33 bits per heavy atom. The molecule has 4 rings (SSSR count). The molecular formula is C21H22FN5. The molecule has 0 unspecified atom stereocenters. The molecule has 1 aliphatic rings. The molecule has 5 nitrogen and oxygen atoms in total. The fourth-order valence-electron chi connectivity index (χ4n) is 3.28. The summed E-state index contributed by atoms with van der Waals surface area (Å²) in [6.07, 6.45) is 0. The van der Waals surface area contributed by atoms with Gasteiger partial charge in [0, 0.05) is 49.3 Å². The lowest BCUT2D eigenvalue weighted by Crippen LogP contribution is -2.47. The molecule has 138 valence electrons. The highest BCUT2D eigenvalue weighted by Gasteiger charge is 2.20. The average molecular weight is 363 g/mol. The molecule has 2 heterocycles. The molecule has 1 aromatic heterocycles. The quantitative estimate of drug-likeness (QED) is 0.759. The van der Waals surface area contributed by atoms with Crippen LogP contribution in [0.25, 0.3) is 0 Å². The van der Waals surface area contributed by atoms with E-state index in [1.165, 1.54) is 17.8 Å². The summed E-state index contributed by atoms with van der Waals surface area (Å²) in [4.78, 5) is 13.8. The highest BCUT2D eigenvalue weighted by atomic mass is 19.1. The summed E-state index contributed by atoms with van der Waals surface area (Å²) < 4.78 is 13.4. The second-order valence-electron chi connectivity index (χ2n) is 6.64. The minimum atomic E-state index is -0.275. The van der Waals surface area contributed by atoms with Crippen LogP contribution >= 0.6 is 0 Å². The van der Waals surface area contributed by atoms with Crippen molar-refractivity contribution in [3.63, 3.8) is 0 Å². The van der Waals surface area contributed by atoms with Gasteiger partial charge < -0.3 is 15.1 Å². The van der Waals surface area contributed by atoms with Gasteiger partial charge in [-0.25, -0.2) is 9.37 Å². The summed E-state index contributed by atoms with van der Waals surface area (Å²) in [6.45, 7) is 5.51. The molecule has 1 aliphatic heterocycles. The number of hydrogen-bond donors (Lipinski definition) is 1. The summed E-state index contributed by atoms with van der Waals surface area (Å²) in [7, 11) is 0. The Bertz CT molecular complexity index is 907. The molecule has 0 amide bonds. The lowest BCUT2D eigenvalue weighted by atomic mass is 10.2. The van der Waals surface area contributed by atoms with Crippen molar-refractivity contribution in [1.82, 2.24) is 9.97 Å². The van der Waals surface area contributed by atoms with E-state index in [0.29, 0.717) is 17.5 Å². The van der Waals surface area contributed by atoms with E-state index in [9.17, 15) is 4.39 Å². The van der Waals surface area contributed by atoms with Gasteiger partial charge in [-0.15, -0.1) is 0 Å². The Morgan fingerprint density at radius 1 is 0.852 bits per heavy atom. The zero-order valence-electron chi connectivity index (χ0n) is 15.3. The van der Waals surface area contributed by atoms with Gasteiger partial charge in [0.2, 0.25) is 5.95 Å². The van der Waals surface area contributed by atoms with Crippen LogP contribution in [0, 0.1) is 12.7 Å². The predicted octanol–water partition coefficient (Wildman–Crippen LogP) is 3.99. The molecule has 0 aliphatic carbocycles. The summed E-state index contributed by atoms with van der Waals surface area (Å²) in [6, 6.07) is 18.7. The first kappa shape index (κ1) is 17.3. The molecule has 1 N–H and O–H groups in total. The smallest absolute Gasteiger partial charge is 0.227 e. The van der Waals surface area contributed by atoms with Gasteiger partial charge in [-0.1, -0.05) is 24.3 Å². The van der Waals surface area contributed by atoms with Crippen molar-refractivity contribution in [3.05, 3.63) is 72.2 Å². The standard InChI is InChI=1S/C21H22FN5/c1-16-14-20(24-18-7-5-6-17(22)15-18)25-21(23-16)27-12-10-26(11-13-27)19-8-3-2-4-9-19/h2-9,14-15H,10-13H2,1H3,(H,23,24,25). The van der Waals surface area contributed by atoms with E-state index in [-0.39, 0.29) is 5.82 Å². The first-order chi connectivity index (χ1) is 13.2. The fourth-order valence-corrected chi connectivity index (χ4v) is 3.28. The molecule has 0 radical (unpaired) electrons. The van der Waals surface area contributed by atoms with Crippen molar-refractivity contribution in [2.75, 3.05) is 41.3 Å². The zero-order chi connectivity index (χ0) is 18.6. The summed E-state index contributed by atoms with van der Waals surface area (Å²) >= 11 is 0. The van der Waals surface area contributed by atoms with Crippen molar-refractivity contribution >= 4 is 23.1 Å². The van der Waals surface area contributed by atoms with Crippen molar-refractivity contribution in [2.24, 2.45) is 0 Å². The first-order valence-electron chi connectivity index (χ1n) is 9.10. The van der Waals surface area contributed by atoms with Gasteiger partial charge in [-0.05, 0) is 37.3 Å². The number of halogens is 1. The molecular weight excluding hydrogens is 341 g/mol. The van der Waals surface area contributed by atoms with Gasteiger partial charge >= 0.3 is 0 Å². The summed E-state index contributed by atoms with van der Waals surface area (Å²) in [5.41, 5.74) is 2.80. The first-order valence-corrected chi connectivity index (χ1v) is 9.10. The van der Waals surface area contributed by atoms with E-state index < -0.39 is 0 Å². The number of anilines is 4. The van der Waals surface area contributed by atoms with Crippen LogP contribution in [0.1, 0.15) is 5.69 Å². The van der Waals surface area contributed by atoms with Crippen LogP contribution < -0.4 is 15.1 Å². The Hall–Kier alpha value is -3.15. The van der Waals surface area contributed by atoms with Crippen LogP contribution in [-0.4, -0.2) is 36.1 Å². The van der Waals surface area contributed by atoms with Gasteiger partial charge in [-0.3, -0.25) is 0 Å². The van der Waals surface area contributed by atoms with E-state index >= 15 is 0 Å². The van der Waals surface area contributed by atoms with Crippen molar-refractivity contribution in [2.45, 2.75) is 6.92 Å². The maximum atomic E-state index is 13.4. The van der Waals surface area contributed by atoms with Gasteiger partial charge in [-0.2, -0.15) is 4.98 Å². The van der Waals surface area contributed by atoms with Gasteiger partial charge in [0.05, 0.1) is 0 Å². The Morgan fingerprint density at radius 2 is 1.59 bits per heavy atom. The zero-order valence-corrected chi connectivity index (χ0v) is 15.3. The number of piperazine rings is 1. The second kappa shape index (κ2) is 7.61. The lowest BCUT2D eigenvalue weighted by molar-refractivity contribution is 0.628. The normalized spacial score (nSPS) is 14.3. The van der Waals surface area contributed by atoms with Crippen molar-refractivity contribution in [3.8, 4) is 0 Å². The maximum absolute atomic E-state index is 13.4. The van der Waals surface area contributed by atoms with Gasteiger partial charge in [0.15, 0.2) is 0 Å². The van der Waals surface area contributed by atoms with Crippen molar-refractivity contribution in [1.29, 1.82) is 0 Å². The number of para-hydroxylation sites is 1. The Kier molecular flexibility index (Phi) is 4.87. The number of rotatable bonds is 4. The number of nitrogens with one attached hydrogen (secondary N) is 1. The highest BCUT2D eigenvalue weighted by Crippen LogP contribution is 2.21. The second-order valence-corrected chi connectivity index (χ2v) is 6.64. The number of hydrogen-bond acceptors (Lipinski definition) is 5. The molecule has 6 heteroatoms. The monoisotopic (exact) mass is 363 g/mol. The molecule has 0 atom stereocenters. The third-order valence-electron chi connectivity index (χ3n) is 4.62. The van der Waals surface area contributed by atoms with E-state index in [1.54, 1.807) is 6.07 Å². The van der Waals surface area contributed by atoms with Crippen molar-refractivity contribution < 1.29 is 4.39 Å². The van der Waals surface area contributed by atoms with Gasteiger partial charge in [0.25, 0.3) is 0 Å². The molecule has 27 heavy (non-hydrogen) atoms. The third kappa shape index (κ3) is 4.16. The molecule has 0 saturated carbocycles. The summed E-state index contributed by atoms with van der Waals surface area (Å²) in [5.74, 6) is 1.11. The Balaban J connectivity index is 1.47. The van der Waals surface area contributed by atoms with E-state index in [2.05, 4.69) is 49.4 Å². The third-order valence-corrected chi connectivity index (χ3v) is 4.62. The SMILES string of the molecule is Cc1cc(Nc2cccc(F)c2)nc(N2CCN(c3ccccc3)CC2)n1.